The van der Waals surface area contributed by atoms with Crippen molar-refractivity contribution in [1.82, 2.24) is 9.47 Å². The van der Waals surface area contributed by atoms with E-state index in [1.807, 2.05) is 36.5 Å². The second kappa shape index (κ2) is 5.26. The smallest absolute Gasteiger partial charge is 0.293 e. The Kier molecular flexibility index (Phi) is 3.43. The molecule has 0 spiro atoms. The van der Waals surface area contributed by atoms with E-state index in [4.69, 9.17) is 0 Å². The number of carbonyl (C=O) groups excluding carboxylic acids is 2. The fourth-order valence-corrected chi connectivity index (χ4v) is 3.19. The lowest BCUT2D eigenvalue weighted by molar-refractivity contribution is -0.121. The molecule has 2 amide bonds. The van der Waals surface area contributed by atoms with E-state index in [9.17, 15) is 9.59 Å². The van der Waals surface area contributed by atoms with Crippen LogP contribution in [0.15, 0.2) is 48.0 Å². The third-order valence-corrected chi connectivity index (χ3v) is 4.38. The number of benzene rings is 1. The average molecular weight is 298 g/mol. The van der Waals surface area contributed by atoms with Gasteiger partial charge < -0.3 is 4.57 Å². The zero-order valence-electron chi connectivity index (χ0n) is 11.6. The predicted molar refractivity (Wildman–Crippen MR) is 85.9 cm³/mol. The zero-order valence-corrected chi connectivity index (χ0v) is 12.4. The molecule has 0 unspecified atom stereocenters. The first-order valence-corrected chi connectivity index (χ1v) is 7.34. The number of rotatable bonds is 3. The van der Waals surface area contributed by atoms with Gasteiger partial charge in [0, 0.05) is 36.3 Å². The number of hydrogen-bond acceptors (Lipinski definition) is 3. The van der Waals surface area contributed by atoms with Crippen molar-refractivity contribution in [2.24, 2.45) is 0 Å². The molecule has 0 atom stereocenters. The second-order valence-electron chi connectivity index (χ2n) is 4.78. The third-order valence-electron chi connectivity index (χ3n) is 3.42. The van der Waals surface area contributed by atoms with Crippen molar-refractivity contribution in [3.05, 3.63) is 53.6 Å². The van der Waals surface area contributed by atoms with E-state index in [1.165, 1.54) is 7.05 Å². The predicted octanol–water partition coefficient (Wildman–Crippen LogP) is 3.49. The number of aromatic nitrogens is 1. The largest absolute Gasteiger partial charge is 0.343 e. The number of allylic oxidation sites excluding steroid dienone is 1. The SMILES string of the molecule is C=CCn1cc(/C=C2\SC(=O)N(C)C2=O)c2ccccc21. The number of fused-ring (bicyclic) bond motifs is 1. The molecule has 106 valence electrons. The molecule has 1 aromatic carbocycles. The van der Waals surface area contributed by atoms with Crippen LogP contribution >= 0.6 is 11.8 Å². The van der Waals surface area contributed by atoms with Crippen LogP contribution in [0.5, 0.6) is 0 Å². The van der Waals surface area contributed by atoms with Crippen molar-refractivity contribution in [3.8, 4) is 0 Å². The number of likely N-dealkylation sites (N-methyl/N-ethyl adjacent to an activating group) is 1. The zero-order chi connectivity index (χ0) is 15.0. The van der Waals surface area contributed by atoms with Crippen LogP contribution in [0.3, 0.4) is 0 Å². The Morgan fingerprint density at radius 2 is 2.05 bits per heavy atom. The molecule has 0 N–H and O–H groups in total. The van der Waals surface area contributed by atoms with E-state index in [0.29, 0.717) is 11.4 Å². The summed E-state index contributed by atoms with van der Waals surface area (Å²) in [5, 5.41) is 0.823. The molecule has 4 nitrogen and oxygen atoms in total. The molecule has 5 heteroatoms. The van der Waals surface area contributed by atoms with Crippen LogP contribution in [0.4, 0.5) is 4.79 Å². The van der Waals surface area contributed by atoms with Gasteiger partial charge in [-0.1, -0.05) is 24.3 Å². The van der Waals surface area contributed by atoms with Crippen LogP contribution in [-0.4, -0.2) is 27.7 Å². The van der Waals surface area contributed by atoms with E-state index in [2.05, 4.69) is 11.1 Å². The lowest BCUT2D eigenvalue weighted by Crippen LogP contribution is -2.22. The quantitative estimate of drug-likeness (QED) is 0.643. The molecular weight excluding hydrogens is 284 g/mol. The molecular formula is C16H14N2O2S. The topological polar surface area (TPSA) is 42.3 Å². The Morgan fingerprint density at radius 3 is 2.71 bits per heavy atom. The highest BCUT2D eigenvalue weighted by molar-refractivity contribution is 8.18. The number of carbonyl (C=O) groups is 2. The minimum Gasteiger partial charge on any atom is -0.343 e. The first-order chi connectivity index (χ1) is 10.1. The molecule has 1 fully saturated rings. The molecule has 1 aliphatic heterocycles. The normalized spacial score (nSPS) is 17.2. The molecule has 1 aliphatic rings. The highest BCUT2D eigenvalue weighted by Crippen LogP contribution is 2.33. The number of para-hydroxylation sites is 1. The summed E-state index contributed by atoms with van der Waals surface area (Å²) < 4.78 is 2.07. The summed E-state index contributed by atoms with van der Waals surface area (Å²) in [6.07, 6.45) is 5.60. The molecule has 2 heterocycles. The van der Waals surface area contributed by atoms with Gasteiger partial charge in [-0.25, -0.2) is 0 Å². The lowest BCUT2D eigenvalue weighted by atomic mass is 10.1. The van der Waals surface area contributed by atoms with Crippen molar-refractivity contribution in [1.29, 1.82) is 0 Å². The summed E-state index contributed by atoms with van der Waals surface area (Å²) in [6, 6.07) is 7.98. The molecule has 0 bridgehead atoms. The van der Waals surface area contributed by atoms with Crippen molar-refractivity contribution in [2.75, 3.05) is 7.05 Å². The standard InChI is InChI=1S/C16H14N2O2S/c1-3-8-18-10-11(12-6-4-5-7-13(12)18)9-14-15(19)17(2)16(20)21-14/h3-7,9-10H,1,8H2,2H3/b14-9-. The van der Waals surface area contributed by atoms with Crippen molar-refractivity contribution >= 4 is 39.9 Å². The molecule has 1 aromatic heterocycles. The Labute approximate surface area is 126 Å². The maximum atomic E-state index is 12.0. The number of amides is 2. The highest BCUT2D eigenvalue weighted by Gasteiger charge is 2.31. The first kappa shape index (κ1) is 13.7. The van der Waals surface area contributed by atoms with E-state index in [0.717, 1.165) is 33.1 Å². The number of imide groups is 1. The summed E-state index contributed by atoms with van der Waals surface area (Å²) >= 11 is 0.977. The van der Waals surface area contributed by atoms with Crippen LogP contribution in [-0.2, 0) is 11.3 Å². The average Bonchev–Trinajstić information content (AvgIpc) is 2.94. The molecule has 2 aromatic rings. The van der Waals surface area contributed by atoms with Gasteiger partial charge >= 0.3 is 0 Å². The van der Waals surface area contributed by atoms with Gasteiger partial charge in [0.25, 0.3) is 11.1 Å². The van der Waals surface area contributed by atoms with Gasteiger partial charge in [-0.15, -0.1) is 6.58 Å². The lowest BCUT2D eigenvalue weighted by Gasteiger charge is -2.00. The molecule has 0 saturated carbocycles. The Bertz CT molecular complexity index is 789. The summed E-state index contributed by atoms with van der Waals surface area (Å²) in [4.78, 5) is 25.1. The Balaban J connectivity index is 2.11. The van der Waals surface area contributed by atoms with Crippen LogP contribution < -0.4 is 0 Å². The number of hydrogen-bond donors (Lipinski definition) is 0. The fourth-order valence-electron chi connectivity index (χ4n) is 2.37. The van der Waals surface area contributed by atoms with E-state index in [-0.39, 0.29) is 11.1 Å². The summed E-state index contributed by atoms with van der Waals surface area (Å²) in [5.74, 6) is -0.245. The highest BCUT2D eigenvalue weighted by atomic mass is 32.2. The van der Waals surface area contributed by atoms with Crippen LogP contribution in [0, 0.1) is 0 Å². The molecule has 1 saturated heterocycles. The maximum absolute atomic E-state index is 12.0. The van der Waals surface area contributed by atoms with Gasteiger partial charge in [-0.3, -0.25) is 14.5 Å². The Morgan fingerprint density at radius 1 is 1.29 bits per heavy atom. The second-order valence-corrected chi connectivity index (χ2v) is 5.78. The number of nitrogens with zero attached hydrogens (tertiary/aromatic N) is 2. The molecule has 21 heavy (non-hydrogen) atoms. The van der Waals surface area contributed by atoms with Gasteiger partial charge in [-0.2, -0.15) is 0 Å². The summed E-state index contributed by atoms with van der Waals surface area (Å²) in [5.41, 5.74) is 2.02. The van der Waals surface area contributed by atoms with E-state index >= 15 is 0 Å². The van der Waals surface area contributed by atoms with Crippen molar-refractivity contribution in [2.45, 2.75) is 6.54 Å². The van der Waals surface area contributed by atoms with Gasteiger partial charge in [0.1, 0.15) is 0 Å². The Hall–Kier alpha value is -2.27. The van der Waals surface area contributed by atoms with E-state index < -0.39 is 0 Å². The monoisotopic (exact) mass is 298 g/mol. The minimum atomic E-state index is -0.245. The van der Waals surface area contributed by atoms with Crippen LogP contribution in [0.2, 0.25) is 0 Å². The summed E-state index contributed by atoms with van der Waals surface area (Å²) in [7, 11) is 1.50. The summed E-state index contributed by atoms with van der Waals surface area (Å²) in [6.45, 7) is 4.46. The number of thioether (sulfide) groups is 1. The fraction of sp³-hybridized carbons (Fsp3) is 0.125. The molecule has 0 aliphatic carbocycles. The van der Waals surface area contributed by atoms with Gasteiger partial charge in [-0.05, 0) is 23.9 Å². The maximum Gasteiger partial charge on any atom is 0.293 e. The molecule has 0 radical (unpaired) electrons. The third kappa shape index (κ3) is 2.29. The minimum absolute atomic E-state index is 0.235. The first-order valence-electron chi connectivity index (χ1n) is 6.52. The van der Waals surface area contributed by atoms with Crippen molar-refractivity contribution in [3.63, 3.8) is 0 Å². The van der Waals surface area contributed by atoms with Crippen LogP contribution in [0.25, 0.3) is 17.0 Å². The van der Waals surface area contributed by atoms with Gasteiger partial charge in [0.2, 0.25) is 0 Å². The van der Waals surface area contributed by atoms with Gasteiger partial charge in [0.05, 0.1) is 4.91 Å². The van der Waals surface area contributed by atoms with Crippen LogP contribution in [0.1, 0.15) is 5.56 Å². The van der Waals surface area contributed by atoms with E-state index in [1.54, 1.807) is 6.08 Å². The molecule has 3 rings (SSSR count). The van der Waals surface area contributed by atoms with Gasteiger partial charge in [0.15, 0.2) is 0 Å². The van der Waals surface area contributed by atoms with Crippen molar-refractivity contribution < 1.29 is 9.59 Å².